The Bertz CT molecular complexity index is 192. The number of nitrogens with two attached hydrogens (primary N) is 1. The van der Waals surface area contributed by atoms with Gasteiger partial charge in [-0.3, -0.25) is 4.79 Å². The monoisotopic (exact) mass is 158 g/mol. The predicted molar refractivity (Wildman–Crippen MR) is 36.5 cm³/mol. The van der Waals surface area contributed by atoms with E-state index in [-0.39, 0.29) is 5.91 Å². The number of esters is 1. The lowest BCUT2D eigenvalue weighted by atomic mass is 10.2. The van der Waals surface area contributed by atoms with Crippen molar-refractivity contribution in [2.45, 2.75) is 18.5 Å². The highest BCUT2D eigenvalue weighted by atomic mass is 16.5. The Morgan fingerprint density at radius 3 is 2.82 bits per heavy atom. The Labute approximate surface area is 63.9 Å². The van der Waals surface area contributed by atoms with Crippen LogP contribution in [-0.4, -0.2) is 31.1 Å². The largest absolute Gasteiger partial charge is 0.467 e. The molecule has 0 bridgehead atoms. The second-order valence-electron chi connectivity index (χ2n) is 2.43. The Balaban J connectivity index is 2.53. The summed E-state index contributed by atoms with van der Waals surface area (Å²) in [6.45, 7) is 0. The predicted octanol–water partition coefficient (Wildman–Crippen LogP) is -1.62. The van der Waals surface area contributed by atoms with Gasteiger partial charge in [-0.1, -0.05) is 0 Å². The third kappa shape index (κ3) is 1.48. The molecule has 5 heteroatoms. The first kappa shape index (κ1) is 8.00. The molecule has 62 valence electrons. The van der Waals surface area contributed by atoms with Gasteiger partial charge in [0.25, 0.3) is 0 Å². The van der Waals surface area contributed by atoms with E-state index in [0.29, 0.717) is 6.42 Å². The minimum absolute atomic E-state index is 0.291. The molecule has 0 radical (unpaired) electrons. The molecule has 0 aromatic rings. The lowest BCUT2D eigenvalue weighted by molar-refractivity contribution is -0.143. The van der Waals surface area contributed by atoms with Gasteiger partial charge in [0, 0.05) is 6.42 Å². The topological polar surface area (TPSA) is 81.4 Å². The van der Waals surface area contributed by atoms with Crippen molar-refractivity contribution in [3.05, 3.63) is 0 Å². The standard InChI is InChI=1S/C6H10N2O3/c1-11-6(10)4-2-3(7)5(9)8-4/h3-4H,2,7H2,1H3,(H,8,9)/t3-,4+/m1/s1. The fraction of sp³-hybridized carbons (Fsp3) is 0.667. The van der Waals surface area contributed by atoms with Gasteiger partial charge in [0.2, 0.25) is 5.91 Å². The molecule has 3 N–H and O–H groups in total. The van der Waals surface area contributed by atoms with Crippen LogP contribution in [0.4, 0.5) is 0 Å². The highest BCUT2D eigenvalue weighted by Crippen LogP contribution is 2.06. The van der Waals surface area contributed by atoms with E-state index in [2.05, 4.69) is 10.1 Å². The van der Waals surface area contributed by atoms with E-state index in [1.54, 1.807) is 0 Å². The van der Waals surface area contributed by atoms with Crippen LogP contribution in [0.3, 0.4) is 0 Å². The number of ether oxygens (including phenoxy) is 1. The summed E-state index contributed by atoms with van der Waals surface area (Å²) < 4.78 is 4.42. The van der Waals surface area contributed by atoms with Crippen LogP contribution in [0, 0.1) is 0 Å². The van der Waals surface area contributed by atoms with Crippen molar-refractivity contribution in [2.24, 2.45) is 5.73 Å². The molecule has 1 aliphatic heterocycles. The maximum Gasteiger partial charge on any atom is 0.328 e. The Hall–Kier alpha value is -1.10. The van der Waals surface area contributed by atoms with Crippen molar-refractivity contribution in [1.82, 2.24) is 5.32 Å². The van der Waals surface area contributed by atoms with Crippen LogP contribution in [0.15, 0.2) is 0 Å². The Morgan fingerprint density at radius 2 is 2.45 bits per heavy atom. The van der Waals surface area contributed by atoms with Crippen molar-refractivity contribution < 1.29 is 14.3 Å². The summed E-state index contributed by atoms with van der Waals surface area (Å²) in [4.78, 5) is 21.6. The third-order valence-electron chi connectivity index (χ3n) is 1.63. The average molecular weight is 158 g/mol. The van der Waals surface area contributed by atoms with Crippen LogP contribution in [0.2, 0.25) is 0 Å². The first-order chi connectivity index (χ1) is 5.15. The van der Waals surface area contributed by atoms with E-state index in [1.807, 2.05) is 0 Å². The van der Waals surface area contributed by atoms with E-state index >= 15 is 0 Å². The maximum atomic E-state index is 10.8. The molecule has 0 aromatic heterocycles. The summed E-state index contributed by atoms with van der Waals surface area (Å²) in [5, 5.41) is 2.42. The molecule has 1 amide bonds. The summed E-state index contributed by atoms with van der Waals surface area (Å²) in [5.74, 6) is -0.730. The van der Waals surface area contributed by atoms with E-state index < -0.39 is 18.1 Å². The lowest BCUT2D eigenvalue weighted by Gasteiger charge is -2.04. The van der Waals surface area contributed by atoms with Crippen LogP contribution in [-0.2, 0) is 14.3 Å². The third-order valence-corrected chi connectivity index (χ3v) is 1.63. The van der Waals surface area contributed by atoms with Gasteiger partial charge in [-0.2, -0.15) is 0 Å². The zero-order valence-electron chi connectivity index (χ0n) is 6.16. The van der Waals surface area contributed by atoms with Crippen molar-refractivity contribution in [2.75, 3.05) is 7.11 Å². The van der Waals surface area contributed by atoms with Crippen molar-refractivity contribution >= 4 is 11.9 Å². The van der Waals surface area contributed by atoms with Crippen molar-refractivity contribution in [3.8, 4) is 0 Å². The minimum atomic E-state index is -0.570. The number of amides is 1. The smallest absolute Gasteiger partial charge is 0.328 e. The number of hydrogen-bond acceptors (Lipinski definition) is 4. The van der Waals surface area contributed by atoms with Crippen LogP contribution < -0.4 is 11.1 Å². The number of hydrogen-bond donors (Lipinski definition) is 2. The molecule has 5 nitrogen and oxygen atoms in total. The zero-order valence-corrected chi connectivity index (χ0v) is 6.16. The number of nitrogens with one attached hydrogen (secondary N) is 1. The fourth-order valence-corrected chi connectivity index (χ4v) is 0.996. The van der Waals surface area contributed by atoms with Gasteiger partial charge in [0.1, 0.15) is 6.04 Å². The van der Waals surface area contributed by atoms with Gasteiger partial charge in [0.15, 0.2) is 0 Å². The van der Waals surface area contributed by atoms with Gasteiger partial charge >= 0.3 is 5.97 Å². The van der Waals surface area contributed by atoms with Crippen LogP contribution in [0.1, 0.15) is 6.42 Å². The van der Waals surface area contributed by atoms with Crippen LogP contribution in [0.5, 0.6) is 0 Å². The van der Waals surface area contributed by atoms with E-state index in [4.69, 9.17) is 5.73 Å². The number of rotatable bonds is 1. The molecule has 0 saturated carbocycles. The average Bonchev–Trinajstić information content (AvgIpc) is 2.31. The summed E-state index contributed by atoms with van der Waals surface area (Å²) in [6, 6.07) is -1.12. The Morgan fingerprint density at radius 1 is 1.82 bits per heavy atom. The van der Waals surface area contributed by atoms with Gasteiger partial charge in [-0.15, -0.1) is 0 Å². The molecular weight excluding hydrogens is 148 g/mol. The van der Waals surface area contributed by atoms with Gasteiger partial charge in [-0.05, 0) is 0 Å². The normalized spacial score (nSPS) is 29.8. The second kappa shape index (κ2) is 2.87. The van der Waals surface area contributed by atoms with E-state index in [0.717, 1.165) is 0 Å². The molecule has 11 heavy (non-hydrogen) atoms. The summed E-state index contributed by atoms with van der Waals surface area (Å²) in [5.41, 5.74) is 5.34. The first-order valence-electron chi connectivity index (χ1n) is 3.29. The summed E-state index contributed by atoms with van der Waals surface area (Å²) in [6.07, 6.45) is 0.325. The van der Waals surface area contributed by atoms with Crippen LogP contribution in [0.25, 0.3) is 0 Å². The Kier molecular flexibility index (Phi) is 2.09. The molecule has 2 atom stereocenters. The second-order valence-corrected chi connectivity index (χ2v) is 2.43. The molecule has 1 rings (SSSR count). The van der Waals surface area contributed by atoms with Crippen molar-refractivity contribution in [1.29, 1.82) is 0 Å². The number of carbonyl (C=O) groups excluding carboxylic acids is 2. The SMILES string of the molecule is COC(=O)[C@@H]1C[C@@H](N)C(=O)N1. The highest BCUT2D eigenvalue weighted by Gasteiger charge is 2.34. The molecule has 1 fully saturated rings. The molecule has 1 heterocycles. The van der Waals surface area contributed by atoms with E-state index in [9.17, 15) is 9.59 Å². The summed E-state index contributed by atoms with van der Waals surface area (Å²) >= 11 is 0. The lowest BCUT2D eigenvalue weighted by Crippen LogP contribution is -2.35. The molecular formula is C6H10N2O3. The quantitative estimate of drug-likeness (QED) is 0.449. The number of carbonyl (C=O) groups is 2. The van der Waals surface area contributed by atoms with Crippen LogP contribution >= 0.6 is 0 Å². The molecule has 1 aliphatic rings. The minimum Gasteiger partial charge on any atom is -0.467 e. The molecule has 1 saturated heterocycles. The molecule has 0 aliphatic carbocycles. The molecule has 0 spiro atoms. The van der Waals surface area contributed by atoms with Gasteiger partial charge in [0.05, 0.1) is 13.2 Å². The van der Waals surface area contributed by atoms with Gasteiger partial charge < -0.3 is 15.8 Å². The molecule has 0 unspecified atom stereocenters. The fourth-order valence-electron chi connectivity index (χ4n) is 0.996. The van der Waals surface area contributed by atoms with Crippen molar-refractivity contribution in [3.63, 3.8) is 0 Å². The number of methoxy groups -OCH3 is 1. The highest BCUT2D eigenvalue weighted by molar-refractivity contribution is 5.91. The summed E-state index contributed by atoms with van der Waals surface area (Å²) in [7, 11) is 1.28. The first-order valence-corrected chi connectivity index (χ1v) is 3.29. The molecule has 0 aromatic carbocycles. The zero-order chi connectivity index (χ0) is 8.43. The van der Waals surface area contributed by atoms with Gasteiger partial charge in [-0.25, -0.2) is 4.79 Å². The maximum absolute atomic E-state index is 10.8. The van der Waals surface area contributed by atoms with E-state index in [1.165, 1.54) is 7.11 Å².